The normalized spacial score (nSPS) is 10.3. The molecule has 0 aliphatic carbocycles. The average molecular weight is 218 g/mol. The lowest BCUT2D eigenvalue weighted by molar-refractivity contribution is 0.617. The smallest absolute Gasteiger partial charge is 0.134 e. The molecule has 80 valence electrons. The van der Waals surface area contributed by atoms with Crippen molar-refractivity contribution in [2.45, 2.75) is 0 Å². The van der Waals surface area contributed by atoms with Crippen LogP contribution in [-0.4, -0.2) is 0 Å². The first-order chi connectivity index (χ1) is 8.38. The van der Waals surface area contributed by atoms with Gasteiger partial charge in [-0.1, -0.05) is 36.3 Å². The fourth-order valence-electron chi connectivity index (χ4n) is 1.95. The highest BCUT2D eigenvalue weighted by Gasteiger charge is 2.06. The maximum atomic E-state index is 5.52. The van der Waals surface area contributed by atoms with Crippen molar-refractivity contribution in [1.82, 2.24) is 0 Å². The van der Waals surface area contributed by atoms with Gasteiger partial charge in [0.2, 0.25) is 0 Å². The van der Waals surface area contributed by atoms with Crippen molar-refractivity contribution in [1.29, 1.82) is 0 Å². The first-order valence-corrected chi connectivity index (χ1v) is 5.42. The molecule has 0 unspecified atom stereocenters. The lowest BCUT2D eigenvalue weighted by atomic mass is 10.0. The van der Waals surface area contributed by atoms with Gasteiger partial charge in [-0.3, -0.25) is 0 Å². The summed E-state index contributed by atoms with van der Waals surface area (Å²) in [4.78, 5) is 0. The predicted octanol–water partition coefficient (Wildman–Crippen LogP) is 4.08. The van der Waals surface area contributed by atoms with Crippen LogP contribution in [0.4, 0.5) is 0 Å². The Morgan fingerprint density at radius 3 is 2.47 bits per heavy atom. The van der Waals surface area contributed by atoms with Crippen LogP contribution >= 0.6 is 0 Å². The maximum Gasteiger partial charge on any atom is 0.134 e. The minimum Gasteiger partial charge on any atom is -0.464 e. The van der Waals surface area contributed by atoms with Gasteiger partial charge in [0.25, 0.3) is 0 Å². The highest BCUT2D eigenvalue weighted by Crippen LogP contribution is 2.30. The zero-order chi connectivity index (χ0) is 11.7. The van der Waals surface area contributed by atoms with Gasteiger partial charge in [-0.05, 0) is 23.8 Å². The number of terminal acetylenes is 1. The van der Waals surface area contributed by atoms with Crippen molar-refractivity contribution in [3.8, 4) is 23.5 Å². The summed E-state index contributed by atoms with van der Waals surface area (Å²) in [6.07, 6.45) is 7.13. The van der Waals surface area contributed by atoms with Crippen molar-refractivity contribution < 1.29 is 4.42 Å². The highest BCUT2D eigenvalue weighted by atomic mass is 16.3. The molecular formula is C16H10O. The molecule has 1 nitrogen and oxygen atoms in total. The summed E-state index contributed by atoms with van der Waals surface area (Å²) in [5.74, 6) is 2.61. The first kappa shape index (κ1) is 9.74. The van der Waals surface area contributed by atoms with Crippen molar-refractivity contribution in [2.24, 2.45) is 0 Å². The minimum atomic E-state index is 0.890. The Kier molecular flexibility index (Phi) is 2.20. The van der Waals surface area contributed by atoms with E-state index in [9.17, 15) is 0 Å². The van der Waals surface area contributed by atoms with Crippen molar-refractivity contribution >= 4 is 11.0 Å². The van der Waals surface area contributed by atoms with E-state index in [0.717, 1.165) is 27.7 Å². The number of fused-ring (bicyclic) bond motifs is 1. The third kappa shape index (κ3) is 1.60. The molecule has 0 aliphatic rings. The Labute approximate surface area is 99.7 Å². The summed E-state index contributed by atoms with van der Waals surface area (Å²) in [5.41, 5.74) is 4.02. The monoisotopic (exact) mass is 218 g/mol. The summed E-state index contributed by atoms with van der Waals surface area (Å²) in [7, 11) is 0. The van der Waals surface area contributed by atoms with Gasteiger partial charge in [0, 0.05) is 16.5 Å². The second kappa shape index (κ2) is 3.84. The molecule has 1 heteroatoms. The average Bonchev–Trinajstić information content (AvgIpc) is 2.83. The summed E-state index contributed by atoms with van der Waals surface area (Å²) in [5, 5.41) is 1.13. The first-order valence-electron chi connectivity index (χ1n) is 5.42. The molecule has 3 aromatic rings. The molecule has 0 radical (unpaired) electrons. The summed E-state index contributed by atoms with van der Waals surface area (Å²) in [6, 6.07) is 15.9. The molecule has 0 amide bonds. The van der Waals surface area contributed by atoms with Crippen LogP contribution in [0.5, 0.6) is 0 Å². The number of rotatable bonds is 1. The standard InChI is InChI=1S/C16H10O/c1-2-12-7-9-13(10-8-12)15-11-17-16-6-4-3-5-14(15)16/h1,3-11H. The Hall–Kier alpha value is -2.46. The van der Waals surface area contributed by atoms with Crippen LogP contribution in [0.15, 0.2) is 59.2 Å². The minimum absolute atomic E-state index is 0.890. The van der Waals surface area contributed by atoms with Crippen LogP contribution in [-0.2, 0) is 0 Å². The van der Waals surface area contributed by atoms with Gasteiger partial charge in [-0.25, -0.2) is 0 Å². The second-order valence-electron chi connectivity index (χ2n) is 3.87. The third-order valence-electron chi connectivity index (χ3n) is 2.84. The van der Waals surface area contributed by atoms with Crippen LogP contribution in [0.3, 0.4) is 0 Å². The molecule has 0 atom stereocenters. The SMILES string of the molecule is C#Cc1ccc(-c2coc3ccccc23)cc1. The van der Waals surface area contributed by atoms with Crippen LogP contribution in [0.1, 0.15) is 5.56 Å². The zero-order valence-corrected chi connectivity index (χ0v) is 9.18. The van der Waals surface area contributed by atoms with Gasteiger partial charge in [0.15, 0.2) is 0 Å². The highest BCUT2D eigenvalue weighted by molar-refractivity contribution is 5.93. The van der Waals surface area contributed by atoms with Gasteiger partial charge < -0.3 is 4.42 Å². The molecule has 0 bridgehead atoms. The molecule has 1 aromatic heterocycles. The van der Waals surface area contributed by atoms with E-state index in [-0.39, 0.29) is 0 Å². The van der Waals surface area contributed by atoms with E-state index in [4.69, 9.17) is 10.8 Å². The van der Waals surface area contributed by atoms with Crippen molar-refractivity contribution in [3.05, 3.63) is 60.4 Å². The second-order valence-corrected chi connectivity index (χ2v) is 3.87. The Morgan fingerprint density at radius 2 is 1.71 bits per heavy atom. The lowest BCUT2D eigenvalue weighted by Crippen LogP contribution is -1.77. The van der Waals surface area contributed by atoms with Crippen molar-refractivity contribution in [2.75, 3.05) is 0 Å². The number of benzene rings is 2. The van der Waals surface area contributed by atoms with E-state index in [1.54, 1.807) is 6.26 Å². The van der Waals surface area contributed by atoms with Crippen LogP contribution in [0, 0.1) is 12.3 Å². The summed E-state index contributed by atoms with van der Waals surface area (Å²) >= 11 is 0. The molecule has 1 heterocycles. The van der Waals surface area contributed by atoms with Gasteiger partial charge >= 0.3 is 0 Å². The van der Waals surface area contributed by atoms with Crippen molar-refractivity contribution in [3.63, 3.8) is 0 Å². The number of para-hydroxylation sites is 1. The topological polar surface area (TPSA) is 13.1 Å². The molecule has 0 saturated heterocycles. The van der Waals surface area contributed by atoms with E-state index in [1.165, 1.54) is 0 Å². The molecule has 3 rings (SSSR count). The molecule has 17 heavy (non-hydrogen) atoms. The fraction of sp³-hybridized carbons (Fsp3) is 0. The number of hydrogen-bond donors (Lipinski definition) is 0. The summed E-state index contributed by atoms with van der Waals surface area (Å²) in [6.45, 7) is 0. The molecule has 2 aromatic carbocycles. The van der Waals surface area contributed by atoms with Gasteiger partial charge in [0.1, 0.15) is 5.58 Å². The van der Waals surface area contributed by atoms with E-state index in [2.05, 4.69) is 12.0 Å². The largest absolute Gasteiger partial charge is 0.464 e. The fourth-order valence-corrected chi connectivity index (χ4v) is 1.95. The Bertz CT molecular complexity index is 696. The van der Waals surface area contributed by atoms with E-state index >= 15 is 0 Å². The molecule has 0 saturated carbocycles. The van der Waals surface area contributed by atoms with Crippen LogP contribution < -0.4 is 0 Å². The van der Waals surface area contributed by atoms with E-state index in [0.29, 0.717) is 0 Å². The number of hydrogen-bond acceptors (Lipinski definition) is 1. The molecule has 0 aliphatic heterocycles. The quantitative estimate of drug-likeness (QED) is 0.561. The Morgan fingerprint density at radius 1 is 0.941 bits per heavy atom. The van der Waals surface area contributed by atoms with Gasteiger partial charge in [0.05, 0.1) is 6.26 Å². The third-order valence-corrected chi connectivity index (χ3v) is 2.84. The number of furan rings is 1. The van der Waals surface area contributed by atoms with Gasteiger partial charge in [-0.2, -0.15) is 0 Å². The molecule has 0 spiro atoms. The van der Waals surface area contributed by atoms with Gasteiger partial charge in [-0.15, -0.1) is 6.42 Å². The maximum absolute atomic E-state index is 5.52. The Balaban J connectivity index is 2.17. The molecule has 0 fully saturated rings. The summed E-state index contributed by atoms with van der Waals surface area (Å²) < 4.78 is 5.52. The molecular weight excluding hydrogens is 208 g/mol. The van der Waals surface area contributed by atoms with Crippen LogP contribution in [0.25, 0.3) is 22.1 Å². The molecule has 0 N–H and O–H groups in total. The zero-order valence-electron chi connectivity index (χ0n) is 9.18. The van der Waals surface area contributed by atoms with E-state index < -0.39 is 0 Å². The predicted molar refractivity (Wildman–Crippen MR) is 69.6 cm³/mol. The van der Waals surface area contributed by atoms with Crippen LogP contribution in [0.2, 0.25) is 0 Å². The van der Waals surface area contributed by atoms with E-state index in [1.807, 2.05) is 42.5 Å². The lowest BCUT2D eigenvalue weighted by Gasteiger charge is -1.98.